The van der Waals surface area contributed by atoms with Gasteiger partial charge in [-0.2, -0.15) is 0 Å². The van der Waals surface area contributed by atoms with Crippen molar-refractivity contribution in [1.82, 2.24) is 14.7 Å². The van der Waals surface area contributed by atoms with E-state index in [-0.39, 0.29) is 11.8 Å². The zero-order chi connectivity index (χ0) is 11.1. The Balaban J connectivity index is 2.19. The van der Waals surface area contributed by atoms with Gasteiger partial charge in [-0.25, -0.2) is 4.98 Å². The van der Waals surface area contributed by atoms with E-state index in [9.17, 15) is 5.11 Å². The molecular weight excluding hydrogens is 226 g/mol. The highest BCUT2D eigenvalue weighted by atomic mass is 35.5. The molecule has 3 heterocycles. The molecule has 2 N–H and O–H groups in total. The van der Waals surface area contributed by atoms with Gasteiger partial charge in [-0.05, 0) is 31.5 Å². The molecule has 0 bridgehead atoms. The van der Waals surface area contributed by atoms with E-state index in [2.05, 4.69) is 10.3 Å². The van der Waals surface area contributed by atoms with Gasteiger partial charge >= 0.3 is 0 Å². The molecule has 84 valence electrons. The van der Waals surface area contributed by atoms with Gasteiger partial charge in [0.05, 0.1) is 17.8 Å². The van der Waals surface area contributed by atoms with Gasteiger partial charge in [-0.3, -0.25) is 4.40 Å². The summed E-state index contributed by atoms with van der Waals surface area (Å²) >= 11 is 6.07. The summed E-state index contributed by atoms with van der Waals surface area (Å²) in [7, 11) is 0. The summed E-state index contributed by atoms with van der Waals surface area (Å²) < 4.78 is 1.86. The number of aromatic nitrogens is 2. The van der Waals surface area contributed by atoms with Crippen LogP contribution in [-0.4, -0.2) is 21.0 Å². The minimum Gasteiger partial charge on any atom is -0.506 e. The lowest BCUT2D eigenvalue weighted by atomic mass is 10.2. The Morgan fingerprint density at radius 2 is 2.38 bits per heavy atom. The molecule has 1 atom stereocenters. The number of fused-ring (bicyclic) bond motifs is 1. The summed E-state index contributed by atoms with van der Waals surface area (Å²) in [6, 6.07) is 3.64. The van der Waals surface area contributed by atoms with Crippen LogP contribution >= 0.6 is 11.6 Å². The summed E-state index contributed by atoms with van der Waals surface area (Å²) in [5.41, 5.74) is 0.836. The lowest BCUT2D eigenvalue weighted by Crippen LogP contribution is -2.15. The van der Waals surface area contributed by atoms with Gasteiger partial charge in [0.25, 0.3) is 0 Å². The largest absolute Gasteiger partial charge is 0.506 e. The van der Waals surface area contributed by atoms with Crippen molar-refractivity contribution in [2.24, 2.45) is 0 Å². The van der Waals surface area contributed by atoms with Crippen molar-refractivity contribution >= 4 is 17.1 Å². The molecule has 0 saturated carbocycles. The molecular formula is C11H12ClN3O. The summed E-state index contributed by atoms with van der Waals surface area (Å²) in [4.78, 5) is 4.37. The first-order valence-corrected chi connectivity index (χ1v) is 5.73. The van der Waals surface area contributed by atoms with Crippen LogP contribution in [0, 0.1) is 0 Å². The summed E-state index contributed by atoms with van der Waals surface area (Å²) in [6.45, 7) is 1.01. The first-order chi connectivity index (χ1) is 7.75. The van der Waals surface area contributed by atoms with Crippen LogP contribution in [0.3, 0.4) is 0 Å². The molecule has 0 aliphatic carbocycles. The van der Waals surface area contributed by atoms with Gasteiger partial charge in [0.2, 0.25) is 0 Å². The fourth-order valence-corrected chi connectivity index (χ4v) is 2.45. The lowest BCUT2D eigenvalue weighted by Gasteiger charge is -2.08. The van der Waals surface area contributed by atoms with Crippen molar-refractivity contribution in [3.8, 4) is 5.75 Å². The van der Waals surface area contributed by atoms with Gasteiger partial charge in [-0.1, -0.05) is 11.6 Å². The van der Waals surface area contributed by atoms with Crippen molar-refractivity contribution in [3.63, 3.8) is 0 Å². The van der Waals surface area contributed by atoms with E-state index in [0.29, 0.717) is 5.15 Å². The molecule has 16 heavy (non-hydrogen) atoms. The van der Waals surface area contributed by atoms with Crippen LogP contribution in [0.5, 0.6) is 5.75 Å². The number of nitrogens with one attached hydrogen (secondary N) is 1. The van der Waals surface area contributed by atoms with Crippen molar-refractivity contribution in [2.45, 2.75) is 18.9 Å². The smallest absolute Gasteiger partial charge is 0.155 e. The van der Waals surface area contributed by atoms with Gasteiger partial charge in [0.15, 0.2) is 5.15 Å². The van der Waals surface area contributed by atoms with Gasteiger partial charge in [-0.15, -0.1) is 0 Å². The standard InChI is InChI=1S/C11H12ClN3O/c12-10-9-4-3-7(16)6-15(9)11(14-10)8-2-1-5-13-8/h3-4,6,8,13,16H,1-2,5H2. The number of hydrogen-bond donors (Lipinski definition) is 2. The Labute approximate surface area is 97.9 Å². The number of pyridine rings is 1. The third-order valence-electron chi connectivity index (χ3n) is 2.98. The van der Waals surface area contributed by atoms with Crippen LogP contribution in [0.25, 0.3) is 5.52 Å². The van der Waals surface area contributed by atoms with E-state index in [0.717, 1.165) is 30.7 Å². The maximum absolute atomic E-state index is 9.49. The topological polar surface area (TPSA) is 49.6 Å². The second kappa shape index (κ2) is 3.64. The van der Waals surface area contributed by atoms with E-state index in [4.69, 9.17) is 11.6 Å². The van der Waals surface area contributed by atoms with Gasteiger partial charge in [0.1, 0.15) is 11.6 Å². The minimum atomic E-state index is 0.223. The molecule has 5 heteroatoms. The molecule has 1 aliphatic heterocycles. The summed E-state index contributed by atoms with van der Waals surface area (Å²) in [5, 5.41) is 13.4. The van der Waals surface area contributed by atoms with E-state index in [1.54, 1.807) is 18.3 Å². The maximum Gasteiger partial charge on any atom is 0.155 e. The number of imidazole rings is 1. The molecule has 4 nitrogen and oxygen atoms in total. The Morgan fingerprint density at radius 3 is 3.12 bits per heavy atom. The third kappa shape index (κ3) is 1.45. The third-order valence-corrected chi connectivity index (χ3v) is 3.25. The van der Waals surface area contributed by atoms with Crippen LogP contribution in [0.2, 0.25) is 5.15 Å². The number of hydrogen-bond acceptors (Lipinski definition) is 3. The van der Waals surface area contributed by atoms with Crippen molar-refractivity contribution in [3.05, 3.63) is 29.3 Å². The first-order valence-electron chi connectivity index (χ1n) is 5.35. The molecule has 3 rings (SSSR count). The van der Waals surface area contributed by atoms with E-state index >= 15 is 0 Å². The van der Waals surface area contributed by atoms with Crippen LogP contribution < -0.4 is 5.32 Å². The van der Waals surface area contributed by atoms with E-state index < -0.39 is 0 Å². The highest BCUT2D eigenvalue weighted by molar-refractivity contribution is 6.32. The number of nitrogens with zero attached hydrogens (tertiary/aromatic N) is 2. The summed E-state index contributed by atoms with van der Waals surface area (Å²) in [6.07, 6.45) is 3.87. The van der Waals surface area contributed by atoms with Crippen LogP contribution in [0.4, 0.5) is 0 Å². The zero-order valence-corrected chi connectivity index (χ0v) is 9.41. The van der Waals surface area contributed by atoms with Gasteiger partial charge < -0.3 is 10.4 Å². The quantitative estimate of drug-likeness (QED) is 0.799. The highest BCUT2D eigenvalue weighted by Gasteiger charge is 2.22. The summed E-state index contributed by atoms with van der Waals surface area (Å²) in [5.74, 6) is 1.11. The maximum atomic E-state index is 9.49. The molecule has 1 fully saturated rings. The second-order valence-corrected chi connectivity index (χ2v) is 4.41. The van der Waals surface area contributed by atoms with E-state index in [1.807, 2.05) is 4.40 Å². The SMILES string of the molecule is Oc1ccc2c(Cl)nc(C3CCCN3)n2c1. The van der Waals surface area contributed by atoms with Crippen LogP contribution in [0.15, 0.2) is 18.3 Å². The van der Waals surface area contributed by atoms with Crippen molar-refractivity contribution in [2.75, 3.05) is 6.54 Å². The van der Waals surface area contributed by atoms with Crippen molar-refractivity contribution in [1.29, 1.82) is 0 Å². The molecule has 1 unspecified atom stereocenters. The number of rotatable bonds is 1. The highest BCUT2D eigenvalue weighted by Crippen LogP contribution is 2.28. The Hall–Kier alpha value is -1.26. The monoisotopic (exact) mass is 237 g/mol. The predicted octanol–water partition coefficient (Wildman–Crippen LogP) is 2.12. The van der Waals surface area contributed by atoms with E-state index in [1.165, 1.54) is 0 Å². The first kappa shape index (κ1) is 9.93. The fourth-order valence-electron chi connectivity index (χ4n) is 2.21. The van der Waals surface area contributed by atoms with Crippen LogP contribution in [0.1, 0.15) is 24.7 Å². The predicted molar refractivity (Wildman–Crippen MR) is 61.8 cm³/mol. The average molecular weight is 238 g/mol. The second-order valence-electron chi connectivity index (χ2n) is 4.05. The Bertz CT molecular complexity index is 531. The normalized spacial score (nSPS) is 20.7. The molecule has 2 aromatic heterocycles. The molecule has 0 amide bonds. The number of halogens is 1. The Kier molecular flexibility index (Phi) is 2.26. The fraction of sp³-hybridized carbons (Fsp3) is 0.364. The molecule has 0 radical (unpaired) electrons. The minimum absolute atomic E-state index is 0.223. The zero-order valence-electron chi connectivity index (χ0n) is 8.65. The average Bonchev–Trinajstić information content (AvgIpc) is 2.86. The molecule has 0 aromatic carbocycles. The Morgan fingerprint density at radius 1 is 1.50 bits per heavy atom. The lowest BCUT2D eigenvalue weighted by molar-refractivity contribution is 0.470. The molecule has 2 aromatic rings. The molecule has 1 aliphatic rings. The molecule has 0 spiro atoms. The molecule has 1 saturated heterocycles. The van der Waals surface area contributed by atoms with Gasteiger partial charge in [0, 0.05) is 0 Å². The van der Waals surface area contributed by atoms with Crippen molar-refractivity contribution < 1.29 is 5.11 Å². The number of aromatic hydroxyl groups is 1. The van der Waals surface area contributed by atoms with Crippen LogP contribution in [-0.2, 0) is 0 Å².